The highest BCUT2D eigenvalue weighted by Crippen LogP contribution is 2.43. The van der Waals surface area contributed by atoms with Crippen molar-refractivity contribution in [2.75, 3.05) is 9.80 Å². The Kier molecular flexibility index (Phi) is 9.57. The van der Waals surface area contributed by atoms with Gasteiger partial charge in [0.05, 0.1) is 11.0 Å². The van der Waals surface area contributed by atoms with Crippen LogP contribution in [0.5, 0.6) is 0 Å². The van der Waals surface area contributed by atoms with Gasteiger partial charge in [-0.05, 0) is 158 Å². The van der Waals surface area contributed by atoms with Crippen LogP contribution in [0.4, 0.5) is 34.1 Å². The molecule has 0 aliphatic heterocycles. The molecule has 0 aliphatic carbocycles. The van der Waals surface area contributed by atoms with E-state index in [1.165, 1.54) is 55.2 Å². The minimum Gasteiger partial charge on any atom is -0.310 e. The standard InChI is InChI=1S/C52H51N3/c1-34(2)40-14-18-43(19-15-40)53(47-28-36(5)26-37(6)29-47)45-22-24-49-50-25-23-46(33-52(50)55(51(49)32-45)42-12-10-9-11-13-42)54(48-30-38(7)27-39(8)31-48)44-20-16-41(17-21-44)35(3)4/h9-35H,1-8H3. The van der Waals surface area contributed by atoms with E-state index in [-0.39, 0.29) is 0 Å². The molecule has 274 valence electrons. The van der Waals surface area contributed by atoms with Crippen LogP contribution in [0.25, 0.3) is 27.5 Å². The molecule has 0 bridgehead atoms. The van der Waals surface area contributed by atoms with Gasteiger partial charge in [0, 0.05) is 50.6 Å². The van der Waals surface area contributed by atoms with E-state index in [4.69, 9.17) is 0 Å². The van der Waals surface area contributed by atoms with Crippen molar-refractivity contribution in [3.05, 3.63) is 185 Å². The molecule has 0 radical (unpaired) electrons. The molecule has 3 nitrogen and oxygen atoms in total. The number of hydrogen-bond acceptors (Lipinski definition) is 2. The van der Waals surface area contributed by atoms with E-state index in [1.807, 2.05) is 0 Å². The Labute approximate surface area is 327 Å². The van der Waals surface area contributed by atoms with Crippen molar-refractivity contribution in [2.24, 2.45) is 0 Å². The Hall–Kier alpha value is -6.06. The van der Waals surface area contributed by atoms with Gasteiger partial charge < -0.3 is 14.4 Å². The summed E-state index contributed by atoms with van der Waals surface area (Å²) >= 11 is 0. The number of benzene rings is 7. The molecule has 0 atom stereocenters. The van der Waals surface area contributed by atoms with Gasteiger partial charge in [-0.1, -0.05) is 94.4 Å². The largest absolute Gasteiger partial charge is 0.310 e. The first-order chi connectivity index (χ1) is 26.5. The van der Waals surface area contributed by atoms with Gasteiger partial charge in [-0.25, -0.2) is 0 Å². The Morgan fingerprint density at radius 2 is 0.727 bits per heavy atom. The molecule has 0 N–H and O–H groups in total. The summed E-state index contributed by atoms with van der Waals surface area (Å²) in [6.45, 7) is 17.7. The van der Waals surface area contributed by atoms with Gasteiger partial charge in [-0.15, -0.1) is 0 Å². The molecule has 3 heteroatoms. The lowest BCUT2D eigenvalue weighted by molar-refractivity contribution is 0.866. The van der Waals surface area contributed by atoms with Crippen molar-refractivity contribution in [3.63, 3.8) is 0 Å². The Bertz CT molecular complexity index is 2420. The van der Waals surface area contributed by atoms with Gasteiger partial charge >= 0.3 is 0 Å². The highest BCUT2D eigenvalue weighted by Gasteiger charge is 2.21. The minimum atomic E-state index is 0.469. The molecule has 8 rings (SSSR count). The van der Waals surface area contributed by atoms with Crippen molar-refractivity contribution in [1.29, 1.82) is 0 Å². The third-order valence-corrected chi connectivity index (χ3v) is 10.8. The first-order valence-corrected chi connectivity index (χ1v) is 19.6. The fourth-order valence-corrected chi connectivity index (χ4v) is 8.20. The maximum Gasteiger partial charge on any atom is 0.0561 e. The molecule has 0 saturated carbocycles. The van der Waals surface area contributed by atoms with Gasteiger partial charge in [-0.2, -0.15) is 0 Å². The number of aromatic nitrogens is 1. The minimum absolute atomic E-state index is 0.469. The Morgan fingerprint density at radius 1 is 0.364 bits per heavy atom. The summed E-state index contributed by atoms with van der Waals surface area (Å²) in [5.41, 5.74) is 18.0. The van der Waals surface area contributed by atoms with Gasteiger partial charge in [0.1, 0.15) is 0 Å². The molecule has 0 saturated heterocycles. The van der Waals surface area contributed by atoms with Crippen LogP contribution in [0.2, 0.25) is 0 Å². The van der Waals surface area contributed by atoms with Gasteiger partial charge in [0.2, 0.25) is 0 Å². The van der Waals surface area contributed by atoms with Crippen molar-refractivity contribution >= 4 is 55.9 Å². The van der Waals surface area contributed by atoms with Crippen LogP contribution >= 0.6 is 0 Å². The number of fused-ring (bicyclic) bond motifs is 3. The SMILES string of the molecule is Cc1cc(C)cc(N(c2ccc(C(C)C)cc2)c2ccc3c4ccc(N(c5ccc(C(C)C)cc5)c5cc(C)cc(C)c5)cc4n(-c4ccccc4)c3c2)c1. The predicted octanol–water partition coefficient (Wildman–Crippen LogP) is 15.2. The number of aryl methyl sites for hydroxylation is 4. The molecular formula is C52H51N3. The predicted molar refractivity (Wildman–Crippen MR) is 237 cm³/mol. The molecule has 0 aliphatic rings. The van der Waals surface area contributed by atoms with E-state index >= 15 is 0 Å². The molecule has 1 aromatic heterocycles. The van der Waals surface area contributed by atoms with E-state index in [9.17, 15) is 0 Å². The van der Waals surface area contributed by atoms with Gasteiger partial charge in [0.25, 0.3) is 0 Å². The molecule has 0 amide bonds. The number of rotatable bonds is 9. The van der Waals surface area contributed by atoms with E-state index in [0.717, 1.165) is 39.8 Å². The number of anilines is 6. The van der Waals surface area contributed by atoms with Crippen LogP contribution in [-0.4, -0.2) is 4.57 Å². The summed E-state index contributed by atoms with van der Waals surface area (Å²) in [6.07, 6.45) is 0. The lowest BCUT2D eigenvalue weighted by atomic mass is 10.0. The second-order valence-corrected chi connectivity index (χ2v) is 15.9. The molecule has 0 fully saturated rings. The van der Waals surface area contributed by atoms with E-state index in [0.29, 0.717) is 11.8 Å². The molecule has 8 aromatic rings. The van der Waals surface area contributed by atoms with Gasteiger partial charge in [0.15, 0.2) is 0 Å². The van der Waals surface area contributed by atoms with Crippen molar-refractivity contribution in [1.82, 2.24) is 4.57 Å². The molecule has 0 spiro atoms. The van der Waals surface area contributed by atoms with Crippen molar-refractivity contribution in [3.8, 4) is 5.69 Å². The summed E-state index contributed by atoms with van der Waals surface area (Å²) in [5.74, 6) is 0.939. The summed E-state index contributed by atoms with van der Waals surface area (Å²) in [5, 5.41) is 2.45. The number of para-hydroxylation sites is 1. The summed E-state index contributed by atoms with van der Waals surface area (Å²) < 4.78 is 2.45. The zero-order valence-electron chi connectivity index (χ0n) is 33.4. The average Bonchev–Trinajstić information content (AvgIpc) is 3.48. The van der Waals surface area contributed by atoms with E-state index in [1.54, 1.807) is 0 Å². The van der Waals surface area contributed by atoms with Gasteiger partial charge in [-0.3, -0.25) is 0 Å². The fourth-order valence-electron chi connectivity index (χ4n) is 8.20. The lowest BCUT2D eigenvalue weighted by Crippen LogP contribution is -2.11. The topological polar surface area (TPSA) is 11.4 Å². The zero-order valence-corrected chi connectivity index (χ0v) is 33.4. The fraction of sp³-hybridized carbons (Fsp3) is 0.192. The monoisotopic (exact) mass is 717 g/mol. The second-order valence-electron chi connectivity index (χ2n) is 15.9. The molecule has 55 heavy (non-hydrogen) atoms. The van der Waals surface area contributed by atoms with Crippen LogP contribution in [0.1, 0.15) is 72.9 Å². The maximum atomic E-state index is 2.45. The lowest BCUT2D eigenvalue weighted by Gasteiger charge is -2.27. The quantitative estimate of drug-likeness (QED) is 0.147. The third kappa shape index (κ3) is 7.03. The number of hydrogen-bond donors (Lipinski definition) is 0. The zero-order chi connectivity index (χ0) is 38.4. The average molecular weight is 718 g/mol. The molecule has 1 heterocycles. The van der Waals surface area contributed by atoms with Crippen LogP contribution in [0.15, 0.2) is 152 Å². The summed E-state index contributed by atoms with van der Waals surface area (Å²) in [6, 6.07) is 56.6. The molecular weight excluding hydrogens is 667 g/mol. The molecule has 0 unspecified atom stereocenters. The number of nitrogens with zero attached hydrogens (tertiary/aromatic N) is 3. The second kappa shape index (κ2) is 14.6. The highest BCUT2D eigenvalue weighted by atomic mass is 15.2. The third-order valence-electron chi connectivity index (χ3n) is 10.8. The first-order valence-electron chi connectivity index (χ1n) is 19.6. The van der Waals surface area contributed by atoms with Crippen LogP contribution < -0.4 is 9.80 Å². The normalized spacial score (nSPS) is 11.6. The highest BCUT2D eigenvalue weighted by molar-refractivity contribution is 6.11. The van der Waals surface area contributed by atoms with Crippen molar-refractivity contribution < 1.29 is 0 Å². The van der Waals surface area contributed by atoms with E-state index < -0.39 is 0 Å². The maximum absolute atomic E-state index is 2.45. The van der Waals surface area contributed by atoms with Crippen LogP contribution in [0, 0.1) is 27.7 Å². The first kappa shape index (κ1) is 35.9. The van der Waals surface area contributed by atoms with Crippen LogP contribution in [0.3, 0.4) is 0 Å². The van der Waals surface area contributed by atoms with E-state index in [2.05, 4.69) is 221 Å². The van der Waals surface area contributed by atoms with Crippen LogP contribution in [-0.2, 0) is 0 Å². The Morgan fingerprint density at radius 3 is 1.09 bits per heavy atom. The smallest absolute Gasteiger partial charge is 0.0561 e. The Balaban J connectivity index is 1.36. The molecule has 7 aromatic carbocycles. The summed E-state index contributed by atoms with van der Waals surface area (Å²) in [4.78, 5) is 4.81. The summed E-state index contributed by atoms with van der Waals surface area (Å²) in [7, 11) is 0. The van der Waals surface area contributed by atoms with Crippen molar-refractivity contribution in [2.45, 2.75) is 67.2 Å².